The van der Waals surface area contributed by atoms with Crippen molar-refractivity contribution >= 4 is 135 Å². The van der Waals surface area contributed by atoms with Crippen LogP contribution in [-0.4, -0.2) is 164 Å². The van der Waals surface area contributed by atoms with E-state index in [2.05, 4.69) is 81.1 Å². The van der Waals surface area contributed by atoms with E-state index in [9.17, 15) is 31.8 Å². The zero-order valence-electron chi connectivity index (χ0n) is 78.5. The summed E-state index contributed by atoms with van der Waals surface area (Å²) in [7, 11) is -3.68. The molecule has 4 N–H and O–H groups in total. The lowest BCUT2D eigenvalue weighted by Gasteiger charge is -2.23. The number of nitrogens with one attached hydrogen (secondary N) is 4. The van der Waals surface area contributed by atoms with E-state index in [0.29, 0.717) is 180 Å². The molecule has 4 saturated heterocycles. The van der Waals surface area contributed by atoms with Gasteiger partial charge in [-0.2, -0.15) is 19.9 Å². The molecule has 0 radical (unpaired) electrons. The minimum absolute atomic E-state index is 0.0212. The van der Waals surface area contributed by atoms with Gasteiger partial charge >= 0.3 is 0 Å². The fourth-order valence-electron chi connectivity index (χ4n) is 17.9. The number of hydrogen-bond donors (Lipinski definition) is 4. The molecule has 4 aliphatic heterocycles. The quantitative estimate of drug-likeness (QED) is 0.0550. The van der Waals surface area contributed by atoms with Crippen LogP contribution in [0.1, 0.15) is 99.9 Å². The number of fused-ring (bicyclic) bond motifs is 4. The van der Waals surface area contributed by atoms with Gasteiger partial charge < -0.3 is 30.7 Å². The molecule has 139 heavy (non-hydrogen) atoms. The van der Waals surface area contributed by atoms with Crippen molar-refractivity contribution in [2.45, 2.75) is 158 Å². The number of benzene rings is 4. The van der Waals surface area contributed by atoms with Gasteiger partial charge in [0, 0.05) is 231 Å². The summed E-state index contributed by atoms with van der Waals surface area (Å²) >= 11 is 26.8. The van der Waals surface area contributed by atoms with Crippen molar-refractivity contribution in [1.29, 1.82) is 0 Å². The van der Waals surface area contributed by atoms with Crippen LogP contribution in [0.4, 0.5) is 23.8 Å². The van der Waals surface area contributed by atoms with Crippen LogP contribution >= 0.6 is 46.4 Å². The molecule has 16 heterocycles. The molecule has 0 saturated carbocycles. The number of sulfone groups is 1. The molecule has 12 aromatic heterocycles. The molecule has 0 bridgehead atoms. The number of rotatable bonds is 20. The van der Waals surface area contributed by atoms with E-state index < -0.39 is 20.6 Å². The summed E-state index contributed by atoms with van der Waals surface area (Å²) < 4.78 is 52.5. The average Bonchev–Trinajstić information content (AvgIpc) is 0.999. The molecule has 0 amide bonds. The van der Waals surface area contributed by atoms with Crippen LogP contribution in [0.25, 0.3) is 134 Å². The highest BCUT2D eigenvalue weighted by Crippen LogP contribution is 2.40. The first-order valence-corrected chi connectivity index (χ1v) is 51.2. The van der Waals surface area contributed by atoms with Gasteiger partial charge in [-0.25, -0.2) is 28.4 Å². The Balaban J connectivity index is 0.000000128. The number of ether oxygens (including phenoxy) is 2. The summed E-state index contributed by atoms with van der Waals surface area (Å²) in [5, 5.41) is 18.2. The lowest BCUT2D eigenvalue weighted by molar-refractivity contribution is 0.195. The van der Waals surface area contributed by atoms with Crippen molar-refractivity contribution in [2.24, 2.45) is 0 Å². The van der Waals surface area contributed by atoms with Crippen molar-refractivity contribution in [2.75, 3.05) is 70.7 Å². The predicted octanol–water partition coefficient (Wildman–Crippen LogP) is 19.3. The third kappa shape index (κ3) is 21.7. The number of nitrogens with zero attached hydrogens (tertiary/aromatic N) is 16. The maximum atomic E-state index is 13.5. The molecule has 20 rings (SSSR count). The molecule has 16 aromatic rings. The second kappa shape index (κ2) is 42.8. The minimum atomic E-state index is -2.95. The average molecular weight is 1980 g/mol. The van der Waals surface area contributed by atoms with E-state index in [4.69, 9.17) is 55.9 Å². The first kappa shape index (κ1) is 97.7. The number of anilines is 4. The molecule has 0 aliphatic carbocycles. The van der Waals surface area contributed by atoms with Crippen molar-refractivity contribution in [1.82, 2.24) is 78.1 Å². The summed E-state index contributed by atoms with van der Waals surface area (Å²) in [6, 6.07) is 46.3. The Bertz CT molecular complexity index is 7600. The van der Waals surface area contributed by atoms with E-state index in [1.54, 1.807) is 61.5 Å². The van der Waals surface area contributed by atoms with E-state index in [0.717, 1.165) is 134 Å². The monoisotopic (exact) mass is 1980 g/mol. The molecular weight excluding hydrogens is 1880 g/mol. The Hall–Kier alpha value is -13.0. The fourth-order valence-corrected chi connectivity index (χ4v) is 21.8. The first-order chi connectivity index (χ1) is 67.1. The fraction of sp³-hybridized carbons (Fsp3) is 0.308. The molecule has 4 aromatic carbocycles. The molecule has 0 spiro atoms. The minimum Gasteiger partial charge on any atom is -0.379 e. The normalized spacial score (nSPS) is 16.3. The van der Waals surface area contributed by atoms with Crippen LogP contribution in [0.5, 0.6) is 0 Å². The molecule has 35 heteroatoms. The summed E-state index contributed by atoms with van der Waals surface area (Å²) in [5.74, 6) is 3.55. The van der Waals surface area contributed by atoms with Crippen LogP contribution < -0.4 is 43.5 Å². The zero-order chi connectivity index (χ0) is 97.6. The van der Waals surface area contributed by atoms with Gasteiger partial charge in [-0.3, -0.25) is 61.6 Å². The summed E-state index contributed by atoms with van der Waals surface area (Å²) in [5.41, 5.74) is 19.5. The van der Waals surface area contributed by atoms with E-state index in [1.807, 2.05) is 209 Å². The van der Waals surface area contributed by atoms with E-state index in [1.165, 1.54) is 0 Å². The standard InChI is InChI=1S/C26H26ClN5O3S.C26H26ClN5O2S.2C26H26ClN5O2/c1-3-32-24-18(15-29-26(31-24)30-19-8-11-36(34,35)12-9-19)13-21(25(32)33)20-7-6-17(14-22(20)27)23-16(2)5-4-10-28-23;1-3-32-24-18(15-29-26(31-24)30-19-8-11-35(34)12-9-19)13-21(25(32)33)20-7-6-17(14-22(20)27)23-16(2)5-4-10-28-23;2*1-4-32-24-17(13-28-26(31-24)30-18-8-9-34-14-18)11-21(25(32)33)20-10-15(2)19(12-22(20)27)23-7-5-6-16(3)29-23/h4-7,10,13-15,19H,3,8-9,11-12H2,1-2H3,(H,29,30,31);4-7,10,13-15,19H,3,8-9,11-12H2,1-2H3,(H,29,30,31);2*5-7,10-13,18H,4,8-9,14H2,1-3H3,(H,28,30,31)/t;;2*18-/m..10/s1. The third-order valence-corrected chi connectivity index (χ3v) is 29.7. The Kier molecular flexibility index (Phi) is 30.1. The Morgan fingerprint density at radius 2 is 0.698 bits per heavy atom. The van der Waals surface area contributed by atoms with Crippen molar-refractivity contribution < 1.29 is 22.1 Å². The smallest absolute Gasteiger partial charge is 0.260 e. The van der Waals surface area contributed by atoms with Gasteiger partial charge in [0.2, 0.25) is 23.8 Å². The second-order valence-electron chi connectivity index (χ2n) is 34.9. The van der Waals surface area contributed by atoms with Crippen LogP contribution in [0, 0.1) is 41.5 Å². The third-order valence-electron chi connectivity index (χ3n) is 25.3. The van der Waals surface area contributed by atoms with Gasteiger partial charge in [-0.1, -0.05) is 94.9 Å². The van der Waals surface area contributed by atoms with Crippen LogP contribution in [0.15, 0.2) is 202 Å². The summed E-state index contributed by atoms with van der Waals surface area (Å²) in [6.07, 6.45) is 14.9. The Morgan fingerprint density at radius 1 is 0.360 bits per heavy atom. The van der Waals surface area contributed by atoms with E-state index >= 15 is 0 Å². The molecule has 2 atom stereocenters. The number of aromatic nitrogens is 16. The largest absolute Gasteiger partial charge is 0.379 e. The molecule has 4 aliphatic rings. The van der Waals surface area contributed by atoms with Gasteiger partial charge in [-0.15, -0.1) is 0 Å². The van der Waals surface area contributed by atoms with Gasteiger partial charge in [0.25, 0.3) is 22.2 Å². The van der Waals surface area contributed by atoms with Crippen LogP contribution in [0.2, 0.25) is 20.1 Å². The molecule has 4 fully saturated rings. The van der Waals surface area contributed by atoms with Crippen molar-refractivity contribution in [3.05, 3.63) is 278 Å². The Labute approximate surface area is 825 Å². The van der Waals surface area contributed by atoms with Crippen LogP contribution in [0.3, 0.4) is 0 Å². The number of aryl methyl sites for hydroxylation is 10. The summed E-state index contributed by atoms with van der Waals surface area (Å²) in [4.78, 5) is 109. The van der Waals surface area contributed by atoms with Crippen molar-refractivity contribution in [3.8, 4) is 89.5 Å². The van der Waals surface area contributed by atoms with Crippen LogP contribution in [-0.2, 0) is 56.3 Å². The predicted molar refractivity (Wildman–Crippen MR) is 557 cm³/mol. The number of halogens is 4. The SMILES string of the molecule is CCn1c(=O)c(-c2cc(C)c(-c3cccc(C)n3)cc2Cl)cc2cnc(N[C@@H]3CCOC3)nc21.CCn1c(=O)c(-c2cc(C)c(-c3cccc(C)n3)cc2Cl)cc2cnc(N[C@H]3CCOC3)nc21.CCn1c(=O)c(-c2ccc(-c3ncccc3C)cc2Cl)cc2cnc(NC3CCS(=O)(=O)CC3)nc21.CCn1c(=O)c(-c2ccc(-c3ncccc3C)cc2Cl)cc2cnc(NC3CCS(=O)CC3)nc21. The number of pyridine rings is 8. The van der Waals surface area contributed by atoms with Gasteiger partial charge in [0.1, 0.15) is 32.4 Å². The topological polar surface area (TPSA) is 360 Å². The highest BCUT2D eigenvalue weighted by Gasteiger charge is 2.29. The molecule has 0 unspecified atom stereocenters. The highest BCUT2D eigenvalue weighted by atomic mass is 35.5. The van der Waals surface area contributed by atoms with Gasteiger partial charge in [-0.05, 0) is 227 Å². The van der Waals surface area contributed by atoms with Gasteiger partial charge in [0.15, 0.2) is 0 Å². The first-order valence-electron chi connectivity index (χ1n) is 46.4. The highest BCUT2D eigenvalue weighted by molar-refractivity contribution is 7.91. The van der Waals surface area contributed by atoms with Gasteiger partial charge in [0.05, 0.1) is 59.6 Å². The maximum Gasteiger partial charge on any atom is 0.260 e. The zero-order valence-corrected chi connectivity index (χ0v) is 83.2. The Morgan fingerprint density at radius 3 is 1.02 bits per heavy atom. The second-order valence-corrected chi connectivity index (χ2v) is 40.5. The maximum absolute atomic E-state index is 13.5. The summed E-state index contributed by atoms with van der Waals surface area (Å²) in [6.45, 7) is 24.2. The molecule has 29 nitrogen and oxygen atoms in total. The number of hydrogen-bond acceptors (Lipinski definition) is 25. The lowest BCUT2D eigenvalue weighted by atomic mass is 9.98. The molecule has 714 valence electrons. The van der Waals surface area contributed by atoms with Crippen molar-refractivity contribution in [3.63, 3.8) is 0 Å². The van der Waals surface area contributed by atoms with E-state index in [-0.39, 0.29) is 57.9 Å². The lowest BCUT2D eigenvalue weighted by Crippen LogP contribution is -2.32. The molecular formula is C104H104Cl4N20O9S2.